The van der Waals surface area contributed by atoms with Gasteiger partial charge >= 0.3 is 0 Å². The van der Waals surface area contributed by atoms with E-state index in [1.165, 1.54) is 5.56 Å². The van der Waals surface area contributed by atoms with E-state index in [4.69, 9.17) is 9.47 Å². The number of carbonyl (C=O) groups is 1. The topological polar surface area (TPSA) is 42.0 Å². The van der Waals surface area contributed by atoms with E-state index in [1.54, 1.807) is 0 Å². The molecule has 0 bridgehead atoms. The third-order valence-corrected chi connectivity index (χ3v) is 4.44. The van der Waals surface area contributed by atoms with E-state index in [1.807, 2.05) is 66.4 Å². The second kappa shape index (κ2) is 10.9. The predicted molar refractivity (Wildman–Crippen MR) is 110 cm³/mol. The standard InChI is InChI=1S/C21H26N2O3.ClH/c1-18-7-9-20(10-8-18)26-16-13-23(19-5-3-2-4-6-19)21(24)17-22-11-14-25-15-12-22;/h2-10H,11-17H2,1H3;1H. The molecule has 1 aliphatic heterocycles. The van der Waals surface area contributed by atoms with E-state index >= 15 is 0 Å². The van der Waals surface area contributed by atoms with Crippen LogP contribution in [0.5, 0.6) is 5.75 Å². The van der Waals surface area contributed by atoms with E-state index in [2.05, 4.69) is 4.90 Å². The monoisotopic (exact) mass is 390 g/mol. The van der Waals surface area contributed by atoms with Gasteiger partial charge in [0.25, 0.3) is 0 Å². The molecule has 0 spiro atoms. The van der Waals surface area contributed by atoms with Crippen LogP contribution in [-0.4, -0.2) is 56.8 Å². The highest BCUT2D eigenvalue weighted by molar-refractivity contribution is 5.94. The molecule has 3 rings (SSSR count). The first-order valence-corrected chi connectivity index (χ1v) is 9.07. The first-order valence-electron chi connectivity index (χ1n) is 9.07. The fourth-order valence-electron chi connectivity index (χ4n) is 2.93. The summed E-state index contributed by atoms with van der Waals surface area (Å²) in [6, 6.07) is 17.7. The molecule has 0 N–H and O–H groups in total. The number of aryl methyl sites for hydroxylation is 1. The number of carbonyl (C=O) groups excluding carboxylic acids is 1. The molecule has 1 aliphatic rings. The second-order valence-corrected chi connectivity index (χ2v) is 6.43. The van der Waals surface area contributed by atoms with Crippen molar-refractivity contribution in [3.05, 3.63) is 60.2 Å². The number of hydrogen-bond donors (Lipinski definition) is 0. The van der Waals surface area contributed by atoms with Crippen LogP contribution in [0.25, 0.3) is 0 Å². The zero-order chi connectivity index (χ0) is 18.2. The van der Waals surface area contributed by atoms with Gasteiger partial charge in [0.2, 0.25) is 5.91 Å². The summed E-state index contributed by atoms with van der Waals surface area (Å²) in [5.41, 5.74) is 2.10. The maximum absolute atomic E-state index is 12.9. The quantitative estimate of drug-likeness (QED) is 0.728. The van der Waals surface area contributed by atoms with Crippen LogP contribution in [0.3, 0.4) is 0 Å². The number of amides is 1. The Morgan fingerprint density at radius 1 is 1.07 bits per heavy atom. The van der Waals surface area contributed by atoms with E-state index in [9.17, 15) is 4.79 Å². The molecule has 2 aromatic carbocycles. The smallest absolute Gasteiger partial charge is 0.241 e. The molecule has 0 aromatic heterocycles. The maximum atomic E-state index is 12.9. The zero-order valence-corrected chi connectivity index (χ0v) is 16.5. The normalized spacial score (nSPS) is 14.3. The van der Waals surface area contributed by atoms with Gasteiger partial charge in [-0.15, -0.1) is 12.4 Å². The number of halogens is 1. The molecular weight excluding hydrogens is 364 g/mol. The van der Waals surface area contributed by atoms with E-state index in [-0.39, 0.29) is 18.3 Å². The molecule has 0 unspecified atom stereocenters. The molecule has 6 heteroatoms. The lowest BCUT2D eigenvalue weighted by Gasteiger charge is -2.29. The summed E-state index contributed by atoms with van der Waals surface area (Å²) >= 11 is 0. The number of rotatable bonds is 7. The predicted octanol–water partition coefficient (Wildman–Crippen LogP) is 3.16. The van der Waals surface area contributed by atoms with Crippen molar-refractivity contribution in [3.8, 4) is 5.75 Å². The first kappa shape index (κ1) is 21.2. The fraction of sp³-hybridized carbons (Fsp3) is 0.381. The Balaban J connectivity index is 0.00000261. The highest BCUT2D eigenvalue weighted by Gasteiger charge is 2.20. The van der Waals surface area contributed by atoms with Gasteiger partial charge in [-0.1, -0.05) is 35.9 Å². The van der Waals surface area contributed by atoms with Crippen molar-refractivity contribution in [1.29, 1.82) is 0 Å². The Bertz CT molecular complexity index is 688. The average Bonchev–Trinajstić information content (AvgIpc) is 2.68. The van der Waals surface area contributed by atoms with Crippen molar-refractivity contribution in [3.63, 3.8) is 0 Å². The number of morpholine rings is 1. The molecule has 1 fully saturated rings. The molecule has 5 nitrogen and oxygen atoms in total. The Kier molecular flexibility index (Phi) is 8.58. The third-order valence-electron chi connectivity index (χ3n) is 4.44. The van der Waals surface area contributed by atoms with Gasteiger partial charge < -0.3 is 14.4 Å². The molecule has 0 saturated carbocycles. The van der Waals surface area contributed by atoms with Crippen LogP contribution in [0.4, 0.5) is 5.69 Å². The van der Waals surface area contributed by atoms with Crippen LogP contribution in [0.15, 0.2) is 54.6 Å². The molecular formula is C21H27ClN2O3. The molecule has 1 amide bonds. The molecule has 0 aliphatic carbocycles. The minimum atomic E-state index is 0. The maximum Gasteiger partial charge on any atom is 0.241 e. The Morgan fingerprint density at radius 2 is 1.74 bits per heavy atom. The Labute approximate surface area is 167 Å². The number of anilines is 1. The van der Waals surface area contributed by atoms with Crippen molar-refractivity contribution in [2.45, 2.75) is 6.92 Å². The molecule has 2 aromatic rings. The van der Waals surface area contributed by atoms with Crippen LogP contribution in [0, 0.1) is 6.92 Å². The SMILES string of the molecule is Cc1ccc(OCCN(C(=O)CN2CCOCC2)c2ccccc2)cc1.Cl. The minimum Gasteiger partial charge on any atom is -0.492 e. The van der Waals surface area contributed by atoms with Crippen molar-refractivity contribution < 1.29 is 14.3 Å². The van der Waals surface area contributed by atoms with Crippen molar-refractivity contribution in [2.24, 2.45) is 0 Å². The van der Waals surface area contributed by atoms with Crippen LogP contribution < -0.4 is 9.64 Å². The number of nitrogens with zero attached hydrogens (tertiary/aromatic N) is 2. The van der Waals surface area contributed by atoms with E-state index < -0.39 is 0 Å². The molecule has 146 valence electrons. The fourth-order valence-corrected chi connectivity index (χ4v) is 2.93. The largest absolute Gasteiger partial charge is 0.492 e. The molecule has 0 radical (unpaired) electrons. The van der Waals surface area contributed by atoms with E-state index in [0.717, 1.165) is 24.5 Å². The van der Waals surface area contributed by atoms with Gasteiger partial charge in [-0.05, 0) is 31.2 Å². The third kappa shape index (κ3) is 6.54. The van der Waals surface area contributed by atoms with Gasteiger partial charge in [0, 0.05) is 18.8 Å². The molecule has 1 saturated heterocycles. The summed E-state index contributed by atoms with van der Waals surface area (Å²) in [6.45, 7) is 6.40. The van der Waals surface area contributed by atoms with Gasteiger partial charge in [0.1, 0.15) is 12.4 Å². The second-order valence-electron chi connectivity index (χ2n) is 6.43. The lowest BCUT2D eigenvalue weighted by atomic mass is 10.2. The highest BCUT2D eigenvalue weighted by Crippen LogP contribution is 2.15. The zero-order valence-electron chi connectivity index (χ0n) is 15.7. The number of para-hydroxylation sites is 1. The van der Waals surface area contributed by atoms with Gasteiger partial charge in [-0.2, -0.15) is 0 Å². The van der Waals surface area contributed by atoms with Crippen LogP contribution in [0.2, 0.25) is 0 Å². The summed E-state index contributed by atoms with van der Waals surface area (Å²) in [5.74, 6) is 0.912. The molecule has 0 atom stereocenters. The van der Waals surface area contributed by atoms with Gasteiger partial charge in [-0.25, -0.2) is 0 Å². The molecule has 1 heterocycles. The lowest BCUT2D eigenvalue weighted by molar-refractivity contribution is -0.120. The summed E-state index contributed by atoms with van der Waals surface area (Å²) in [7, 11) is 0. The van der Waals surface area contributed by atoms with Gasteiger partial charge in [-0.3, -0.25) is 9.69 Å². The van der Waals surface area contributed by atoms with Crippen LogP contribution in [0.1, 0.15) is 5.56 Å². The summed E-state index contributed by atoms with van der Waals surface area (Å²) < 4.78 is 11.2. The van der Waals surface area contributed by atoms with E-state index in [0.29, 0.717) is 32.9 Å². The first-order chi connectivity index (χ1) is 12.7. The summed E-state index contributed by atoms with van der Waals surface area (Å²) in [4.78, 5) is 16.8. The molecule has 27 heavy (non-hydrogen) atoms. The average molecular weight is 391 g/mol. The van der Waals surface area contributed by atoms with Gasteiger partial charge in [0.15, 0.2) is 0 Å². The van der Waals surface area contributed by atoms with Crippen molar-refractivity contribution >= 4 is 24.0 Å². The minimum absolute atomic E-state index is 0. The number of hydrogen-bond acceptors (Lipinski definition) is 4. The van der Waals surface area contributed by atoms with Crippen molar-refractivity contribution in [2.75, 3.05) is 50.9 Å². The number of benzene rings is 2. The summed E-state index contributed by atoms with van der Waals surface area (Å²) in [6.07, 6.45) is 0. The van der Waals surface area contributed by atoms with Crippen LogP contribution >= 0.6 is 12.4 Å². The summed E-state index contributed by atoms with van der Waals surface area (Å²) in [5, 5.41) is 0. The van der Waals surface area contributed by atoms with Gasteiger partial charge in [0.05, 0.1) is 26.3 Å². The Hall–Kier alpha value is -2.08. The highest BCUT2D eigenvalue weighted by atomic mass is 35.5. The lowest BCUT2D eigenvalue weighted by Crippen LogP contribution is -2.46. The van der Waals surface area contributed by atoms with Crippen molar-refractivity contribution in [1.82, 2.24) is 4.90 Å². The number of ether oxygens (including phenoxy) is 2. The Morgan fingerprint density at radius 3 is 2.41 bits per heavy atom. The van der Waals surface area contributed by atoms with Crippen LogP contribution in [-0.2, 0) is 9.53 Å².